The van der Waals surface area contributed by atoms with Gasteiger partial charge >= 0.3 is 0 Å². The second kappa shape index (κ2) is 7.08. The lowest BCUT2D eigenvalue weighted by Gasteiger charge is -2.49. The summed E-state index contributed by atoms with van der Waals surface area (Å²) in [5.41, 5.74) is 0.381. The summed E-state index contributed by atoms with van der Waals surface area (Å²) in [6.45, 7) is 15.1. The number of hydrogen-bond acceptors (Lipinski definition) is 2. The van der Waals surface area contributed by atoms with Gasteiger partial charge in [-0.2, -0.15) is 0 Å². The van der Waals surface area contributed by atoms with Crippen LogP contribution in [0.4, 0.5) is 0 Å². The second-order valence-electron chi connectivity index (χ2n) is 7.31. The summed E-state index contributed by atoms with van der Waals surface area (Å²) < 4.78 is 0. The van der Waals surface area contributed by atoms with E-state index in [1.807, 2.05) is 0 Å². The normalized spacial score (nSPS) is 29.2. The Morgan fingerprint density at radius 1 is 1.21 bits per heavy atom. The highest BCUT2D eigenvalue weighted by atomic mass is 16.3. The van der Waals surface area contributed by atoms with Gasteiger partial charge in [-0.3, -0.25) is 4.90 Å². The summed E-state index contributed by atoms with van der Waals surface area (Å²) in [6, 6.07) is 1.13. The summed E-state index contributed by atoms with van der Waals surface area (Å²) in [6.07, 6.45) is 5.47. The number of rotatable bonds is 6. The Labute approximate surface area is 120 Å². The first-order valence-corrected chi connectivity index (χ1v) is 8.27. The van der Waals surface area contributed by atoms with Crippen molar-refractivity contribution in [1.82, 2.24) is 4.90 Å². The maximum Gasteiger partial charge on any atom is 0.0555 e. The van der Waals surface area contributed by atoms with Crippen LogP contribution in [0.15, 0.2) is 0 Å². The third-order valence-electron chi connectivity index (χ3n) is 5.28. The van der Waals surface area contributed by atoms with Crippen molar-refractivity contribution >= 4 is 0 Å². The first kappa shape index (κ1) is 17.0. The smallest absolute Gasteiger partial charge is 0.0555 e. The Morgan fingerprint density at radius 3 is 2.32 bits per heavy atom. The Hall–Kier alpha value is -0.0800. The fraction of sp³-hybridized carbons (Fsp3) is 1.00. The molecule has 0 bridgehead atoms. The standard InChI is InChI=1S/C17H35NO/c1-7-11-18(13(3)4)16-12-14(19)9-10-15(16)17(5,6)8-2/h13-16,19H,7-12H2,1-6H3. The molecule has 0 radical (unpaired) electrons. The number of hydrogen-bond donors (Lipinski definition) is 1. The molecular formula is C17H35NO. The quantitative estimate of drug-likeness (QED) is 0.785. The van der Waals surface area contributed by atoms with Crippen LogP contribution in [0.25, 0.3) is 0 Å². The molecule has 1 rings (SSSR count). The molecule has 0 aromatic heterocycles. The summed E-state index contributed by atoms with van der Waals surface area (Å²) in [5, 5.41) is 10.1. The topological polar surface area (TPSA) is 23.5 Å². The fourth-order valence-electron chi connectivity index (χ4n) is 3.73. The van der Waals surface area contributed by atoms with Crippen molar-refractivity contribution in [2.24, 2.45) is 11.3 Å². The van der Waals surface area contributed by atoms with E-state index in [1.54, 1.807) is 0 Å². The van der Waals surface area contributed by atoms with Crippen LogP contribution in [0.2, 0.25) is 0 Å². The first-order valence-electron chi connectivity index (χ1n) is 8.27. The molecule has 0 heterocycles. The SMILES string of the molecule is CCCN(C(C)C)C1CC(O)CCC1C(C)(C)CC. The number of aliphatic hydroxyl groups excluding tert-OH is 1. The average molecular weight is 269 g/mol. The van der Waals surface area contributed by atoms with E-state index in [1.165, 1.54) is 19.3 Å². The van der Waals surface area contributed by atoms with Crippen LogP contribution in [0, 0.1) is 11.3 Å². The monoisotopic (exact) mass is 269 g/mol. The highest BCUT2D eigenvalue weighted by Gasteiger charge is 2.41. The maximum atomic E-state index is 10.1. The summed E-state index contributed by atoms with van der Waals surface area (Å²) >= 11 is 0. The third-order valence-corrected chi connectivity index (χ3v) is 5.28. The summed E-state index contributed by atoms with van der Waals surface area (Å²) in [7, 11) is 0. The van der Waals surface area contributed by atoms with Crippen molar-refractivity contribution in [1.29, 1.82) is 0 Å². The molecule has 3 unspecified atom stereocenters. The van der Waals surface area contributed by atoms with E-state index in [-0.39, 0.29) is 6.10 Å². The van der Waals surface area contributed by atoms with Crippen LogP contribution in [0.3, 0.4) is 0 Å². The molecule has 1 N–H and O–H groups in total. The average Bonchev–Trinajstić information content (AvgIpc) is 2.35. The van der Waals surface area contributed by atoms with E-state index in [4.69, 9.17) is 0 Å². The van der Waals surface area contributed by atoms with Crippen LogP contribution in [-0.2, 0) is 0 Å². The Balaban J connectivity index is 2.93. The molecule has 1 saturated carbocycles. The molecule has 1 fully saturated rings. The third kappa shape index (κ3) is 4.19. The van der Waals surface area contributed by atoms with Gasteiger partial charge in [0.15, 0.2) is 0 Å². The lowest BCUT2D eigenvalue weighted by atomic mass is 9.66. The van der Waals surface area contributed by atoms with Gasteiger partial charge in [0, 0.05) is 12.1 Å². The van der Waals surface area contributed by atoms with Crippen LogP contribution in [0.5, 0.6) is 0 Å². The van der Waals surface area contributed by atoms with Crippen molar-refractivity contribution in [3.05, 3.63) is 0 Å². The van der Waals surface area contributed by atoms with Crippen LogP contribution in [0.1, 0.15) is 73.6 Å². The minimum atomic E-state index is -0.0907. The predicted molar refractivity (Wildman–Crippen MR) is 83.3 cm³/mol. The van der Waals surface area contributed by atoms with Crippen LogP contribution in [-0.4, -0.2) is 34.7 Å². The first-order chi connectivity index (χ1) is 8.83. The second-order valence-corrected chi connectivity index (χ2v) is 7.31. The van der Waals surface area contributed by atoms with E-state index in [9.17, 15) is 5.11 Å². The van der Waals surface area contributed by atoms with Gasteiger partial charge in [-0.1, -0.05) is 34.1 Å². The van der Waals surface area contributed by atoms with Gasteiger partial charge in [-0.25, -0.2) is 0 Å². The van der Waals surface area contributed by atoms with Crippen molar-refractivity contribution < 1.29 is 5.11 Å². The predicted octanol–water partition coefficient (Wildman–Crippen LogP) is 4.07. The minimum absolute atomic E-state index is 0.0907. The zero-order chi connectivity index (χ0) is 14.6. The molecule has 0 spiro atoms. The Morgan fingerprint density at radius 2 is 1.84 bits per heavy atom. The van der Waals surface area contributed by atoms with Crippen molar-refractivity contribution in [2.75, 3.05) is 6.54 Å². The lowest BCUT2D eigenvalue weighted by molar-refractivity contribution is -0.0291. The van der Waals surface area contributed by atoms with Gasteiger partial charge in [0.25, 0.3) is 0 Å². The molecule has 1 aliphatic carbocycles. The van der Waals surface area contributed by atoms with Crippen molar-refractivity contribution in [2.45, 2.75) is 91.8 Å². The summed E-state index contributed by atoms with van der Waals surface area (Å²) in [4.78, 5) is 2.64. The minimum Gasteiger partial charge on any atom is -0.393 e. The fourth-order valence-corrected chi connectivity index (χ4v) is 3.73. The number of aliphatic hydroxyl groups is 1. The molecule has 0 aromatic rings. The molecule has 0 aliphatic heterocycles. The van der Waals surface area contributed by atoms with Gasteiger partial charge in [0.05, 0.1) is 6.10 Å². The molecule has 0 saturated heterocycles. The van der Waals surface area contributed by atoms with Gasteiger partial charge in [0.2, 0.25) is 0 Å². The zero-order valence-electron chi connectivity index (χ0n) is 13.9. The highest BCUT2D eigenvalue weighted by molar-refractivity contribution is 4.94. The lowest BCUT2D eigenvalue weighted by Crippen LogP contribution is -2.52. The largest absolute Gasteiger partial charge is 0.393 e. The van der Waals surface area contributed by atoms with Crippen molar-refractivity contribution in [3.63, 3.8) is 0 Å². The molecule has 0 amide bonds. The zero-order valence-corrected chi connectivity index (χ0v) is 13.9. The maximum absolute atomic E-state index is 10.1. The highest BCUT2D eigenvalue weighted by Crippen LogP contribution is 2.43. The van der Waals surface area contributed by atoms with Gasteiger partial charge in [-0.05, 0) is 57.4 Å². The Bertz CT molecular complexity index is 262. The molecule has 2 heteroatoms. The molecule has 3 atom stereocenters. The number of nitrogens with zero attached hydrogens (tertiary/aromatic N) is 1. The Kier molecular flexibility index (Phi) is 6.32. The summed E-state index contributed by atoms with van der Waals surface area (Å²) in [5.74, 6) is 0.717. The molecule has 2 nitrogen and oxygen atoms in total. The molecule has 19 heavy (non-hydrogen) atoms. The van der Waals surface area contributed by atoms with E-state index < -0.39 is 0 Å². The van der Waals surface area contributed by atoms with Gasteiger partial charge in [-0.15, -0.1) is 0 Å². The molecule has 1 aliphatic rings. The van der Waals surface area contributed by atoms with E-state index in [0.29, 0.717) is 17.5 Å². The molecule has 0 aromatic carbocycles. The van der Waals surface area contributed by atoms with Gasteiger partial charge in [0.1, 0.15) is 0 Å². The van der Waals surface area contributed by atoms with Crippen LogP contribution < -0.4 is 0 Å². The molecular weight excluding hydrogens is 234 g/mol. The van der Waals surface area contributed by atoms with E-state index in [0.717, 1.165) is 25.3 Å². The van der Waals surface area contributed by atoms with Crippen molar-refractivity contribution in [3.8, 4) is 0 Å². The van der Waals surface area contributed by atoms with E-state index >= 15 is 0 Å². The van der Waals surface area contributed by atoms with Gasteiger partial charge < -0.3 is 5.11 Å². The molecule has 114 valence electrons. The van der Waals surface area contributed by atoms with E-state index in [2.05, 4.69) is 46.4 Å². The van der Waals surface area contributed by atoms with Crippen LogP contribution >= 0.6 is 0 Å².